The summed E-state index contributed by atoms with van der Waals surface area (Å²) in [5, 5.41) is 12.3. The molecule has 2 aromatic carbocycles. The molecule has 1 aliphatic rings. The predicted molar refractivity (Wildman–Crippen MR) is 115 cm³/mol. The van der Waals surface area contributed by atoms with Crippen LogP contribution in [0.15, 0.2) is 54.1 Å². The first-order valence-electron chi connectivity index (χ1n) is 9.55. The molecule has 1 aromatic heterocycles. The number of nitrogens with zero attached hydrogens (tertiary/aromatic N) is 2. The molecule has 0 bridgehead atoms. The Balaban J connectivity index is 1.64. The number of carbonyl (C=O) groups is 1. The first-order chi connectivity index (χ1) is 14.5. The molecule has 4 rings (SSSR count). The molecule has 0 fully saturated rings. The van der Waals surface area contributed by atoms with Gasteiger partial charge in [0.15, 0.2) is 11.5 Å². The van der Waals surface area contributed by atoms with Crippen molar-refractivity contribution in [2.45, 2.75) is 20.8 Å². The topological polar surface area (TPSA) is 76.3 Å². The fourth-order valence-electron chi connectivity index (χ4n) is 3.49. The molecule has 0 saturated heterocycles. The van der Waals surface area contributed by atoms with Crippen LogP contribution in [0.25, 0.3) is 11.8 Å². The third-order valence-corrected chi connectivity index (χ3v) is 5.06. The Morgan fingerprint density at radius 2 is 1.80 bits per heavy atom. The van der Waals surface area contributed by atoms with Gasteiger partial charge >= 0.3 is 0 Å². The van der Waals surface area contributed by atoms with Crippen LogP contribution in [0.2, 0.25) is 0 Å². The normalized spacial score (nSPS) is 12.5. The monoisotopic (exact) mass is 399 g/mol. The molecule has 150 valence electrons. The van der Waals surface area contributed by atoms with Crippen LogP contribution in [-0.2, 0) is 4.79 Å². The second-order valence-electron chi connectivity index (χ2n) is 7.19. The Morgan fingerprint density at radius 1 is 1.07 bits per heavy atom. The van der Waals surface area contributed by atoms with Gasteiger partial charge < -0.3 is 19.4 Å². The van der Waals surface area contributed by atoms with E-state index in [2.05, 4.69) is 9.88 Å². The molecular formula is C24H21N3O3. The van der Waals surface area contributed by atoms with E-state index < -0.39 is 5.91 Å². The van der Waals surface area contributed by atoms with Crippen LogP contribution in [-0.4, -0.2) is 17.3 Å². The molecule has 6 heteroatoms. The van der Waals surface area contributed by atoms with Crippen molar-refractivity contribution in [3.63, 3.8) is 0 Å². The third-order valence-electron chi connectivity index (χ3n) is 5.06. The van der Waals surface area contributed by atoms with Gasteiger partial charge in [-0.3, -0.25) is 4.79 Å². The van der Waals surface area contributed by atoms with E-state index in [-0.39, 0.29) is 12.4 Å². The molecular weight excluding hydrogens is 378 g/mol. The van der Waals surface area contributed by atoms with Crippen LogP contribution in [0.1, 0.15) is 22.5 Å². The molecule has 1 amide bonds. The molecule has 3 aromatic rings. The van der Waals surface area contributed by atoms with E-state index in [0.29, 0.717) is 11.4 Å². The van der Waals surface area contributed by atoms with Gasteiger partial charge in [-0.05, 0) is 62.7 Å². The van der Waals surface area contributed by atoms with Gasteiger partial charge in [-0.15, -0.1) is 0 Å². The third kappa shape index (κ3) is 3.65. The van der Waals surface area contributed by atoms with Crippen molar-refractivity contribution in [3.8, 4) is 23.3 Å². The first-order valence-corrected chi connectivity index (χ1v) is 9.55. The summed E-state index contributed by atoms with van der Waals surface area (Å²) in [6.07, 6.45) is 1.62. The molecule has 6 nitrogen and oxygen atoms in total. The number of hydrogen-bond donors (Lipinski definition) is 1. The molecule has 0 saturated carbocycles. The summed E-state index contributed by atoms with van der Waals surface area (Å²) in [7, 11) is 0. The van der Waals surface area contributed by atoms with Crippen LogP contribution in [0.3, 0.4) is 0 Å². The van der Waals surface area contributed by atoms with Crippen LogP contribution in [0.4, 0.5) is 5.69 Å². The number of benzene rings is 2. The summed E-state index contributed by atoms with van der Waals surface area (Å²) in [4.78, 5) is 12.6. The Morgan fingerprint density at radius 3 is 2.53 bits per heavy atom. The summed E-state index contributed by atoms with van der Waals surface area (Å²) in [5.74, 6) is 0.988. The maximum absolute atomic E-state index is 12.6. The molecule has 0 spiro atoms. The fraction of sp³-hybridized carbons (Fsp3) is 0.167. The standard InChI is InChI=1S/C24H21N3O3/c1-15-4-6-20(7-5-15)26-24(28)19(13-25)11-18-10-16(2)27(17(18)3)21-8-9-22-23(12-21)30-14-29-22/h4-12H,14H2,1-3H3,(H,26,28)/b19-11-. The molecule has 0 radical (unpaired) electrons. The number of aromatic nitrogens is 1. The maximum Gasteiger partial charge on any atom is 0.266 e. The molecule has 0 unspecified atom stereocenters. The second-order valence-corrected chi connectivity index (χ2v) is 7.19. The van der Waals surface area contributed by atoms with Gasteiger partial charge in [-0.25, -0.2) is 0 Å². The summed E-state index contributed by atoms with van der Waals surface area (Å²) in [5.41, 5.74) is 5.42. The van der Waals surface area contributed by atoms with Crippen molar-refractivity contribution in [2.24, 2.45) is 0 Å². The number of amides is 1. The second kappa shape index (κ2) is 7.80. The van der Waals surface area contributed by atoms with E-state index in [1.807, 2.05) is 75.4 Å². The zero-order valence-electron chi connectivity index (χ0n) is 17.0. The van der Waals surface area contributed by atoms with Crippen LogP contribution in [0, 0.1) is 32.1 Å². The number of fused-ring (bicyclic) bond motifs is 1. The van der Waals surface area contributed by atoms with Crippen molar-refractivity contribution in [3.05, 3.63) is 76.6 Å². The van der Waals surface area contributed by atoms with Crippen molar-refractivity contribution in [1.29, 1.82) is 5.26 Å². The largest absolute Gasteiger partial charge is 0.454 e. The Kier molecular flexibility index (Phi) is 5.03. The lowest BCUT2D eigenvalue weighted by Crippen LogP contribution is -2.13. The molecule has 1 N–H and O–H groups in total. The SMILES string of the molecule is Cc1ccc(NC(=O)/C(C#N)=C\c2cc(C)n(-c3ccc4c(c3)OCO4)c2C)cc1. The highest BCUT2D eigenvalue weighted by molar-refractivity contribution is 6.09. The highest BCUT2D eigenvalue weighted by Crippen LogP contribution is 2.35. The van der Waals surface area contributed by atoms with Gasteiger partial charge in [-0.1, -0.05) is 17.7 Å². The highest BCUT2D eigenvalue weighted by atomic mass is 16.7. The lowest BCUT2D eigenvalue weighted by Gasteiger charge is -2.10. The van der Waals surface area contributed by atoms with Gasteiger partial charge in [0.25, 0.3) is 5.91 Å². The summed E-state index contributed by atoms with van der Waals surface area (Å²) >= 11 is 0. The first kappa shape index (κ1) is 19.3. The van der Waals surface area contributed by atoms with Crippen molar-refractivity contribution in [2.75, 3.05) is 12.1 Å². The van der Waals surface area contributed by atoms with Gasteiger partial charge in [-0.2, -0.15) is 5.26 Å². The number of rotatable bonds is 4. The minimum atomic E-state index is -0.436. The minimum Gasteiger partial charge on any atom is -0.454 e. The van der Waals surface area contributed by atoms with E-state index >= 15 is 0 Å². The number of ether oxygens (including phenoxy) is 2. The lowest BCUT2D eigenvalue weighted by molar-refractivity contribution is -0.112. The number of nitrogens with one attached hydrogen (secondary N) is 1. The molecule has 0 aliphatic carbocycles. The van der Waals surface area contributed by atoms with Crippen LogP contribution in [0.5, 0.6) is 11.5 Å². The molecule has 0 atom stereocenters. The van der Waals surface area contributed by atoms with Crippen LogP contribution >= 0.6 is 0 Å². The van der Waals surface area contributed by atoms with Crippen LogP contribution < -0.4 is 14.8 Å². The number of hydrogen-bond acceptors (Lipinski definition) is 4. The number of carbonyl (C=O) groups excluding carboxylic acids is 1. The fourth-order valence-corrected chi connectivity index (χ4v) is 3.49. The molecule has 30 heavy (non-hydrogen) atoms. The van der Waals surface area contributed by atoms with E-state index in [1.165, 1.54) is 0 Å². The van der Waals surface area contributed by atoms with Gasteiger partial charge in [0.2, 0.25) is 6.79 Å². The minimum absolute atomic E-state index is 0.0431. The molecule has 1 aliphatic heterocycles. The van der Waals surface area contributed by atoms with E-state index in [1.54, 1.807) is 6.08 Å². The lowest BCUT2D eigenvalue weighted by atomic mass is 10.1. The van der Waals surface area contributed by atoms with E-state index in [4.69, 9.17) is 9.47 Å². The predicted octanol–water partition coefficient (Wildman–Crippen LogP) is 4.68. The van der Waals surface area contributed by atoms with Crippen molar-refractivity contribution >= 4 is 17.7 Å². The average Bonchev–Trinajstić information content (AvgIpc) is 3.31. The Bertz CT molecular complexity index is 1200. The summed E-state index contributed by atoms with van der Waals surface area (Å²) in [6.45, 7) is 6.13. The number of nitriles is 1. The zero-order valence-corrected chi connectivity index (χ0v) is 17.0. The Labute approximate surface area is 175 Å². The number of aryl methyl sites for hydroxylation is 2. The van der Waals surface area contributed by atoms with E-state index in [0.717, 1.165) is 34.0 Å². The van der Waals surface area contributed by atoms with Crippen molar-refractivity contribution < 1.29 is 14.3 Å². The summed E-state index contributed by atoms with van der Waals surface area (Å²) < 4.78 is 12.9. The molecule has 2 heterocycles. The van der Waals surface area contributed by atoms with Gasteiger partial charge in [0.1, 0.15) is 11.6 Å². The zero-order chi connectivity index (χ0) is 21.3. The van der Waals surface area contributed by atoms with E-state index in [9.17, 15) is 10.1 Å². The highest BCUT2D eigenvalue weighted by Gasteiger charge is 2.17. The average molecular weight is 399 g/mol. The quantitative estimate of drug-likeness (QED) is 0.511. The summed E-state index contributed by atoms with van der Waals surface area (Å²) in [6, 6.07) is 17.2. The Hall–Kier alpha value is -3.98. The smallest absolute Gasteiger partial charge is 0.266 e. The maximum atomic E-state index is 12.6. The number of anilines is 1. The van der Waals surface area contributed by atoms with Gasteiger partial charge in [0.05, 0.1) is 0 Å². The van der Waals surface area contributed by atoms with Gasteiger partial charge in [0, 0.05) is 28.8 Å². The van der Waals surface area contributed by atoms with Crippen molar-refractivity contribution in [1.82, 2.24) is 4.57 Å².